The molecule has 1 aromatic rings. The lowest BCUT2D eigenvalue weighted by Gasteiger charge is -2.24. The van der Waals surface area contributed by atoms with Crippen LogP contribution in [-0.4, -0.2) is 31.6 Å². The van der Waals surface area contributed by atoms with Gasteiger partial charge in [-0.15, -0.1) is 12.4 Å². The fourth-order valence-corrected chi connectivity index (χ4v) is 3.59. The number of carbonyl (C=O) groups is 1. The van der Waals surface area contributed by atoms with Crippen molar-refractivity contribution in [2.24, 2.45) is 5.92 Å². The van der Waals surface area contributed by atoms with Gasteiger partial charge in [-0.05, 0) is 30.9 Å². The van der Waals surface area contributed by atoms with E-state index >= 15 is 0 Å². The van der Waals surface area contributed by atoms with Crippen LogP contribution < -0.4 is 15.4 Å². The van der Waals surface area contributed by atoms with Crippen LogP contribution >= 0.6 is 12.4 Å². The van der Waals surface area contributed by atoms with E-state index in [1.165, 1.54) is 38.5 Å². The van der Waals surface area contributed by atoms with Crippen LogP contribution in [0, 0.1) is 5.92 Å². The first-order valence-corrected chi connectivity index (χ1v) is 9.05. The van der Waals surface area contributed by atoms with Gasteiger partial charge in [0.15, 0.2) is 0 Å². The summed E-state index contributed by atoms with van der Waals surface area (Å²) in [5.74, 6) is 0.969. The van der Waals surface area contributed by atoms with Crippen LogP contribution in [-0.2, 0) is 11.2 Å². The molecule has 1 aliphatic carbocycles. The molecule has 0 saturated heterocycles. The summed E-state index contributed by atoms with van der Waals surface area (Å²) in [6, 6.07) is 8.62. The lowest BCUT2D eigenvalue weighted by molar-refractivity contribution is -0.126. The number of carbonyl (C=O) groups excluding carboxylic acids is 1. The number of ether oxygens (including phenoxy) is 1. The van der Waals surface area contributed by atoms with Crippen LogP contribution in [0.4, 0.5) is 0 Å². The van der Waals surface area contributed by atoms with E-state index in [4.69, 9.17) is 4.74 Å². The maximum atomic E-state index is 12.3. The van der Waals surface area contributed by atoms with Gasteiger partial charge in [0.1, 0.15) is 12.4 Å². The summed E-state index contributed by atoms with van der Waals surface area (Å²) in [6.45, 7) is 2.05. The van der Waals surface area contributed by atoms with Crippen LogP contribution in [0.2, 0.25) is 0 Å². The Morgan fingerprint density at radius 1 is 1.08 bits per heavy atom. The minimum Gasteiger partial charge on any atom is -0.492 e. The van der Waals surface area contributed by atoms with E-state index in [-0.39, 0.29) is 24.2 Å². The zero-order valence-corrected chi connectivity index (χ0v) is 15.1. The molecule has 1 heterocycles. The quantitative estimate of drug-likeness (QED) is 0.632. The lowest BCUT2D eigenvalue weighted by Crippen LogP contribution is -2.41. The van der Waals surface area contributed by atoms with Gasteiger partial charge < -0.3 is 15.4 Å². The molecular weight excluding hydrogens is 324 g/mol. The molecule has 1 unspecified atom stereocenters. The van der Waals surface area contributed by atoms with E-state index in [1.54, 1.807) is 0 Å². The molecule has 24 heavy (non-hydrogen) atoms. The number of halogens is 1. The Morgan fingerprint density at radius 3 is 2.62 bits per heavy atom. The highest BCUT2D eigenvalue weighted by molar-refractivity contribution is 5.85. The van der Waals surface area contributed by atoms with Gasteiger partial charge in [0.2, 0.25) is 5.91 Å². The van der Waals surface area contributed by atoms with E-state index in [0.717, 1.165) is 24.3 Å². The Hall–Kier alpha value is -1.26. The van der Waals surface area contributed by atoms with E-state index in [1.807, 2.05) is 24.3 Å². The first kappa shape index (κ1) is 19.1. The third-order valence-corrected chi connectivity index (χ3v) is 4.96. The fourth-order valence-electron chi connectivity index (χ4n) is 3.59. The third kappa shape index (κ3) is 5.38. The Kier molecular flexibility index (Phi) is 7.86. The van der Waals surface area contributed by atoms with Gasteiger partial charge in [-0.1, -0.05) is 43.9 Å². The van der Waals surface area contributed by atoms with Crippen molar-refractivity contribution in [2.45, 2.75) is 51.0 Å². The highest BCUT2D eigenvalue weighted by atomic mass is 35.5. The summed E-state index contributed by atoms with van der Waals surface area (Å²) in [7, 11) is 0. The molecule has 1 atom stereocenters. The Labute approximate surface area is 151 Å². The van der Waals surface area contributed by atoms with E-state index in [0.29, 0.717) is 19.2 Å². The molecule has 0 aromatic heterocycles. The minimum absolute atomic E-state index is 0. The monoisotopic (exact) mass is 352 g/mol. The highest BCUT2D eigenvalue weighted by Crippen LogP contribution is 2.26. The predicted molar refractivity (Wildman–Crippen MR) is 98.9 cm³/mol. The van der Waals surface area contributed by atoms with Crippen molar-refractivity contribution in [3.05, 3.63) is 29.8 Å². The standard InChI is InChI=1S/C19H28N2O2.ClH/c22-19(16-13-15-7-5-6-10-18(15)23-14-16)21-12-11-20-17-8-3-1-2-4-9-17;/h5-7,10,16-17,20H,1-4,8-9,11-14H2,(H,21,22);1H. The number of nitrogens with one attached hydrogen (secondary N) is 2. The molecule has 1 fully saturated rings. The van der Waals surface area contributed by atoms with Crippen molar-refractivity contribution < 1.29 is 9.53 Å². The van der Waals surface area contributed by atoms with Crippen molar-refractivity contribution >= 4 is 18.3 Å². The predicted octanol–water partition coefficient (Wildman–Crippen LogP) is 3.09. The van der Waals surface area contributed by atoms with Gasteiger partial charge in [-0.2, -0.15) is 0 Å². The fraction of sp³-hybridized carbons (Fsp3) is 0.632. The Morgan fingerprint density at radius 2 is 1.83 bits per heavy atom. The second kappa shape index (κ2) is 9.90. The molecule has 3 rings (SSSR count). The number of benzene rings is 1. The molecule has 1 aliphatic heterocycles. The zero-order chi connectivity index (χ0) is 15.9. The average Bonchev–Trinajstić information content (AvgIpc) is 2.87. The molecule has 0 bridgehead atoms. The number of para-hydroxylation sites is 1. The van der Waals surface area contributed by atoms with E-state index in [2.05, 4.69) is 10.6 Å². The van der Waals surface area contributed by atoms with Crippen molar-refractivity contribution in [1.82, 2.24) is 10.6 Å². The van der Waals surface area contributed by atoms with Crippen molar-refractivity contribution in [1.29, 1.82) is 0 Å². The van der Waals surface area contributed by atoms with Crippen molar-refractivity contribution in [3.8, 4) is 5.75 Å². The molecule has 5 heteroatoms. The summed E-state index contributed by atoms with van der Waals surface area (Å²) in [4.78, 5) is 12.3. The number of fused-ring (bicyclic) bond motifs is 1. The number of hydrogen-bond acceptors (Lipinski definition) is 3. The smallest absolute Gasteiger partial charge is 0.226 e. The van der Waals surface area contributed by atoms with Crippen LogP contribution in [0.1, 0.15) is 44.1 Å². The zero-order valence-electron chi connectivity index (χ0n) is 14.3. The summed E-state index contributed by atoms with van der Waals surface area (Å²) in [5, 5.41) is 6.65. The first-order chi connectivity index (χ1) is 11.3. The molecular formula is C19H29ClN2O2. The van der Waals surface area contributed by atoms with Gasteiger partial charge in [-0.25, -0.2) is 0 Å². The van der Waals surface area contributed by atoms with E-state index < -0.39 is 0 Å². The normalized spacial score (nSPS) is 20.9. The Balaban J connectivity index is 0.00000208. The topological polar surface area (TPSA) is 50.4 Å². The summed E-state index contributed by atoms with van der Waals surface area (Å²) >= 11 is 0. The number of rotatable bonds is 5. The van der Waals surface area contributed by atoms with Gasteiger partial charge >= 0.3 is 0 Å². The third-order valence-electron chi connectivity index (χ3n) is 4.96. The number of hydrogen-bond donors (Lipinski definition) is 2. The number of amides is 1. The minimum atomic E-state index is -0.0669. The van der Waals surface area contributed by atoms with Crippen molar-refractivity contribution in [2.75, 3.05) is 19.7 Å². The molecule has 0 spiro atoms. The van der Waals surface area contributed by atoms with Crippen LogP contribution in [0.3, 0.4) is 0 Å². The molecule has 0 radical (unpaired) electrons. The molecule has 1 amide bonds. The summed E-state index contributed by atoms with van der Waals surface area (Å²) in [6.07, 6.45) is 8.75. The molecule has 4 nitrogen and oxygen atoms in total. The van der Waals surface area contributed by atoms with Gasteiger partial charge in [-0.3, -0.25) is 4.79 Å². The molecule has 1 aromatic carbocycles. The lowest BCUT2D eigenvalue weighted by atomic mass is 9.96. The van der Waals surface area contributed by atoms with E-state index in [9.17, 15) is 4.79 Å². The Bertz CT molecular complexity index is 516. The second-order valence-electron chi connectivity index (χ2n) is 6.75. The molecule has 1 saturated carbocycles. The first-order valence-electron chi connectivity index (χ1n) is 9.05. The molecule has 2 N–H and O–H groups in total. The van der Waals surface area contributed by atoms with Crippen molar-refractivity contribution in [3.63, 3.8) is 0 Å². The average molecular weight is 353 g/mol. The SMILES string of the molecule is Cl.O=C(NCCNC1CCCCCC1)C1COc2ccccc2C1. The van der Waals surface area contributed by atoms with Gasteiger partial charge in [0.05, 0.1) is 5.92 Å². The summed E-state index contributed by atoms with van der Waals surface area (Å²) < 4.78 is 5.70. The largest absolute Gasteiger partial charge is 0.492 e. The molecule has 134 valence electrons. The maximum Gasteiger partial charge on any atom is 0.226 e. The van der Waals surface area contributed by atoms with Crippen LogP contribution in [0.15, 0.2) is 24.3 Å². The second-order valence-corrected chi connectivity index (χ2v) is 6.75. The maximum absolute atomic E-state index is 12.3. The van der Waals surface area contributed by atoms with Gasteiger partial charge in [0, 0.05) is 19.1 Å². The molecule has 2 aliphatic rings. The van der Waals surface area contributed by atoms with Crippen LogP contribution in [0.25, 0.3) is 0 Å². The summed E-state index contributed by atoms with van der Waals surface area (Å²) in [5.41, 5.74) is 1.13. The van der Waals surface area contributed by atoms with Gasteiger partial charge in [0.25, 0.3) is 0 Å². The van der Waals surface area contributed by atoms with Crippen LogP contribution in [0.5, 0.6) is 5.75 Å². The highest BCUT2D eigenvalue weighted by Gasteiger charge is 2.25.